The number of nitrogens with zero attached hydrogens (tertiary/aromatic N) is 1. The third-order valence-corrected chi connectivity index (χ3v) is 6.33. The number of unbranched alkanes of at least 4 members (excludes halogenated alkanes) is 2. The molecule has 1 saturated heterocycles. The van der Waals surface area contributed by atoms with Crippen LogP contribution in [0, 0.1) is 0 Å². The Morgan fingerprint density at radius 1 is 1.62 bits per heavy atom. The lowest BCUT2D eigenvalue weighted by Gasteiger charge is -2.56. The van der Waals surface area contributed by atoms with Gasteiger partial charge in [-0.25, -0.2) is 4.79 Å². The summed E-state index contributed by atoms with van der Waals surface area (Å²) in [6.07, 6.45) is 2.81. The summed E-state index contributed by atoms with van der Waals surface area (Å²) in [6.45, 7) is 2.45. The van der Waals surface area contributed by atoms with Gasteiger partial charge in [-0.1, -0.05) is 32.0 Å². The van der Waals surface area contributed by atoms with E-state index in [0.717, 1.165) is 19.3 Å². The Kier molecular flexibility index (Phi) is 6.29. The number of ether oxygens (including phenoxy) is 1. The molecule has 2 heterocycles. The number of fused-ring (bicyclic) bond motifs is 1. The first-order valence-electron chi connectivity index (χ1n) is 7.37. The Morgan fingerprint density at radius 2 is 2.33 bits per heavy atom. The largest absolute Gasteiger partial charge is 0.495 e. The minimum Gasteiger partial charge on any atom is -0.495 e. The van der Waals surface area contributed by atoms with Crippen LogP contribution in [0.5, 0.6) is 0 Å². The maximum Gasteiger partial charge on any atom is 0.334 e. The Labute approximate surface area is 153 Å². The zero-order valence-corrected chi connectivity index (χ0v) is 15.4. The third kappa shape index (κ3) is 3.19. The summed E-state index contributed by atoms with van der Waals surface area (Å²) >= 11 is 6.92. The molecular weight excluding hydrogens is 372 g/mol. The van der Waals surface area contributed by atoms with Crippen LogP contribution >= 0.6 is 35.7 Å². The Balaban J connectivity index is 2.18. The topological polar surface area (TPSA) is 110 Å². The molecule has 0 radical (unpaired) electrons. The third-order valence-electron chi connectivity index (χ3n) is 3.83. The molecule has 0 bridgehead atoms. The second-order valence-corrected chi connectivity index (χ2v) is 7.85. The molecule has 0 aromatic rings. The van der Waals surface area contributed by atoms with Crippen molar-refractivity contribution in [1.29, 1.82) is 0 Å². The fraction of sp³-hybridized carbons (Fsp3) is 0.571. The van der Waals surface area contributed by atoms with Crippen molar-refractivity contribution in [3.05, 3.63) is 11.2 Å². The van der Waals surface area contributed by atoms with Gasteiger partial charge in [0.25, 0.3) is 5.91 Å². The van der Waals surface area contributed by atoms with Crippen LogP contribution < -0.4 is 5.73 Å². The Hall–Kier alpha value is -1.10. The molecule has 0 spiro atoms. The van der Waals surface area contributed by atoms with Crippen LogP contribution in [0.15, 0.2) is 11.2 Å². The van der Waals surface area contributed by atoms with Gasteiger partial charge >= 0.3 is 5.97 Å². The van der Waals surface area contributed by atoms with Crippen molar-refractivity contribution in [1.82, 2.24) is 4.90 Å². The highest BCUT2D eigenvalue weighted by molar-refractivity contribution is 8.32. The minimum atomic E-state index is -1.52. The summed E-state index contributed by atoms with van der Waals surface area (Å²) in [6, 6.07) is -1.22. The standard InChI is InChI=1S/C14H18N2O5S3/c1-2-3-4-5-21-8-6-23-12-14(15,13(22)24-7-17)11(20)16(12)9(8)10(18)19/h6-7,9,12H,2-5,15H2,1H3,(H,18,19)/t9?,12-,14?/m0/s1. The first kappa shape index (κ1) is 19.2. The molecule has 24 heavy (non-hydrogen) atoms. The second-order valence-electron chi connectivity index (χ2n) is 5.39. The van der Waals surface area contributed by atoms with Crippen molar-refractivity contribution in [2.24, 2.45) is 5.73 Å². The molecule has 2 aliphatic heterocycles. The smallest absolute Gasteiger partial charge is 0.334 e. The highest BCUT2D eigenvalue weighted by atomic mass is 32.2. The van der Waals surface area contributed by atoms with E-state index in [1.165, 1.54) is 16.7 Å². The van der Waals surface area contributed by atoms with Gasteiger partial charge in [-0.05, 0) is 18.2 Å². The van der Waals surface area contributed by atoms with Gasteiger partial charge in [0.1, 0.15) is 11.1 Å². The summed E-state index contributed by atoms with van der Waals surface area (Å²) < 4.78 is 5.61. The quantitative estimate of drug-likeness (QED) is 0.275. The van der Waals surface area contributed by atoms with Crippen molar-refractivity contribution < 1.29 is 24.2 Å². The van der Waals surface area contributed by atoms with E-state index in [1.54, 1.807) is 5.41 Å². The molecule has 10 heteroatoms. The number of carboxylic acid groups (broad SMARTS) is 1. The van der Waals surface area contributed by atoms with Crippen LogP contribution in [0.4, 0.5) is 0 Å². The summed E-state index contributed by atoms with van der Waals surface area (Å²) in [7, 11) is 0. The van der Waals surface area contributed by atoms with Gasteiger partial charge in [0.15, 0.2) is 17.2 Å². The van der Waals surface area contributed by atoms with Crippen LogP contribution in [0.1, 0.15) is 26.2 Å². The average Bonchev–Trinajstić information content (AvgIpc) is 2.56. The fourth-order valence-electron chi connectivity index (χ4n) is 2.56. The normalized spacial score (nSPS) is 28.5. The van der Waals surface area contributed by atoms with E-state index in [1.807, 2.05) is 0 Å². The highest BCUT2D eigenvalue weighted by Crippen LogP contribution is 2.46. The van der Waals surface area contributed by atoms with Gasteiger partial charge in [0.05, 0.1) is 10.8 Å². The molecule has 1 fully saturated rings. The minimum absolute atomic E-state index is 0.0427. The van der Waals surface area contributed by atoms with Gasteiger partial charge in [-0.3, -0.25) is 9.59 Å². The molecule has 2 aliphatic rings. The maximum atomic E-state index is 12.5. The van der Waals surface area contributed by atoms with E-state index in [-0.39, 0.29) is 9.96 Å². The van der Waals surface area contributed by atoms with Gasteiger partial charge in [0.2, 0.25) is 0 Å². The van der Waals surface area contributed by atoms with Crippen LogP contribution in [-0.2, 0) is 19.1 Å². The summed E-state index contributed by atoms with van der Waals surface area (Å²) in [5, 5.41) is 10.4. The lowest BCUT2D eigenvalue weighted by molar-refractivity contribution is -0.162. The summed E-state index contributed by atoms with van der Waals surface area (Å²) in [5.41, 5.74) is 5.06. The molecule has 0 aromatic carbocycles. The average molecular weight is 391 g/mol. The first-order valence-corrected chi connectivity index (χ1v) is 9.60. The highest BCUT2D eigenvalue weighted by Gasteiger charge is 2.66. The molecule has 0 aliphatic carbocycles. The van der Waals surface area contributed by atoms with E-state index in [4.69, 9.17) is 22.7 Å². The number of hydrogen-bond acceptors (Lipinski definition) is 8. The number of carboxylic acids is 1. The van der Waals surface area contributed by atoms with Crippen LogP contribution in [0.2, 0.25) is 0 Å². The lowest BCUT2D eigenvalue weighted by atomic mass is 9.88. The van der Waals surface area contributed by atoms with Gasteiger partial charge in [-0.2, -0.15) is 0 Å². The lowest BCUT2D eigenvalue weighted by Crippen LogP contribution is -2.82. The monoisotopic (exact) mass is 390 g/mol. The van der Waals surface area contributed by atoms with Crippen molar-refractivity contribution in [2.75, 3.05) is 6.61 Å². The SMILES string of the molecule is CCCCCOC1=CS[C@@H]2N(C(=O)C2(N)C(=S)SC=O)C1C(=O)O. The van der Waals surface area contributed by atoms with E-state index in [9.17, 15) is 19.5 Å². The van der Waals surface area contributed by atoms with E-state index in [0.29, 0.717) is 24.0 Å². The number of carbonyl (C=O) groups excluding carboxylic acids is 2. The molecule has 7 nitrogen and oxygen atoms in total. The van der Waals surface area contributed by atoms with Crippen LogP contribution in [0.3, 0.4) is 0 Å². The number of thiocarbonyl (C=S) groups is 1. The molecule has 132 valence electrons. The maximum absolute atomic E-state index is 12.5. The second kappa shape index (κ2) is 7.85. The first-order chi connectivity index (χ1) is 11.4. The fourth-order valence-corrected chi connectivity index (χ4v) is 4.75. The predicted octanol–water partition coefficient (Wildman–Crippen LogP) is 1.35. The summed E-state index contributed by atoms with van der Waals surface area (Å²) in [4.78, 5) is 35.9. The number of amides is 1. The van der Waals surface area contributed by atoms with Crippen molar-refractivity contribution in [3.63, 3.8) is 0 Å². The predicted molar refractivity (Wildman–Crippen MR) is 97.1 cm³/mol. The molecular formula is C14H18N2O5S3. The Bertz CT molecular complexity index is 597. The number of aliphatic carboxylic acids is 1. The number of thioether (sulfide) groups is 2. The molecule has 0 saturated carbocycles. The molecule has 3 N–H and O–H groups in total. The Morgan fingerprint density at radius 3 is 2.92 bits per heavy atom. The van der Waals surface area contributed by atoms with Gasteiger partial charge in [0, 0.05) is 5.41 Å². The van der Waals surface area contributed by atoms with E-state index in [2.05, 4.69) is 6.92 Å². The summed E-state index contributed by atoms with van der Waals surface area (Å²) in [5.74, 6) is -1.56. The van der Waals surface area contributed by atoms with Crippen molar-refractivity contribution in [2.45, 2.75) is 43.1 Å². The zero-order valence-electron chi connectivity index (χ0n) is 13.0. The number of hydrogen-bond donors (Lipinski definition) is 2. The molecule has 3 atom stereocenters. The van der Waals surface area contributed by atoms with Gasteiger partial charge in [-0.15, -0.1) is 11.8 Å². The number of carbonyl (C=O) groups is 3. The zero-order chi connectivity index (χ0) is 17.9. The van der Waals surface area contributed by atoms with E-state index < -0.39 is 28.8 Å². The number of β-lactam (4-membered cyclic amide) rings is 1. The van der Waals surface area contributed by atoms with Crippen molar-refractivity contribution >= 4 is 57.4 Å². The van der Waals surface area contributed by atoms with Crippen molar-refractivity contribution in [3.8, 4) is 0 Å². The van der Waals surface area contributed by atoms with E-state index >= 15 is 0 Å². The van der Waals surface area contributed by atoms with Crippen LogP contribution in [-0.4, -0.2) is 55.3 Å². The molecule has 2 unspecified atom stereocenters. The number of nitrogens with two attached hydrogens (primary N) is 1. The molecule has 0 aromatic heterocycles. The van der Waals surface area contributed by atoms with Crippen LogP contribution in [0.25, 0.3) is 0 Å². The molecule has 2 rings (SSSR count). The number of rotatable bonds is 8. The molecule has 1 amide bonds. The van der Waals surface area contributed by atoms with Gasteiger partial charge < -0.3 is 20.5 Å².